The Morgan fingerprint density at radius 1 is 0.923 bits per heavy atom. The van der Waals surface area contributed by atoms with Crippen molar-refractivity contribution < 1.29 is 29.4 Å². The van der Waals surface area contributed by atoms with Gasteiger partial charge in [0, 0.05) is 6.42 Å². The van der Waals surface area contributed by atoms with E-state index in [4.69, 9.17) is 16.6 Å². The van der Waals surface area contributed by atoms with Crippen LogP contribution in [-0.4, -0.2) is 64.4 Å². The summed E-state index contributed by atoms with van der Waals surface area (Å²) in [4.78, 5) is 46.1. The Hall–Kier alpha value is -1.85. The standard InChI is InChI=1S/C15H28N4O6S/c16-7-2-1-3-11(15(24)25)19-14(23)10(6-8-26)18-13(22)9(17)4-5-12(20)21/h9-11,26H,1-8,16-17H2,(H,18,22)(H,19,23)(H,20,21)(H,24,25)/t9-,10-,11-/m0/s1. The average molecular weight is 392 g/mol. The smallest absolute Gasteiger partial charge is 0.326 e. The molecular weight excluding hydrogens is 364 g/mol. The number of hydrogen-bond donors (Lipinski definition) is 7. The molecule has 0 aromatic heterocycles. The van der Waals surface area contributed by atoms with Crippen LogP contribution in [-0.2, 0) is 19.2 Å². The summed E-state index contributed by atoms with van der Waals surface area (Å²) in [5.74, 6) is -3.32. The van der Waals surface area contributed by atoms with Crippen molar-refractivity contribution in [1.82, 2.24) is 10.6 Å². The fourth-order valence-corrected chi connectivity index (χ4v) is 2.37. The summed E-state index contributed by atoms with van der Waals surface area (Å²) in [6.07, 6.45) is 1.21. The van der Waals surface area contributed by atoms with E-state index < -0.39 is 41.9 Å². The lowest BCUT2D eigenvalue weighted by molar-refractivity contribution is -0.142. The number of rotatable bonds is 14. The average Bonchev–Trinajstić information content (AvgIpc) is 2.57. The number of carboxylic acids is 2. The second kappa shape index (κ2) is 13.4. The third kappa shape index (κ3) is 10.2. The van der Waals surface area contributed by atoms with Crippen LogP contribution in [0, 0.1) is 0 Å². The van der Waals surface area contributed by atoms with E-state index in [-0.39, 0.29) is 31.4 Å². The first-order valence-corrected chi connectivity index (χ1v) is 8.98. The van der Waals surface area contributed by atoms with Gasteiger partial charge in [0.15, 0.2) is 0 Å². The molecule has 2 amide bonds. The normalized spacial score (nSPS) is 14.1. The molecule has 150 valence electrons. The molecule has 0 aromatic carbocycles. The summed E-state index contributed by atoms with van der Waals surface area (Å²) in [5.41, 5.74) is 11.0. The van der Waals surface area contributed by atoms with Gasteiger partial charge in [-0.25, -0.2) is 4.79 Å². The molecule has 10 nitrogen and oxygen atoms in total. The summed E-state index contributed by atoms with van der Waals surface area (Å²) < 4.78 is 0. The Morgan fingerprint density at radius 2 is 1.54 bits per heavy atom. The van der Waals surface area contributed by atoms with Crippen LogP contribution in [0.3, 0.4) is 0 Å². The number of carbonyl (C=O) groups excluding carboxylic acids is 2. The van der Waals surface area contributed by atoms with Crippen LogP contribution in [0.5, 0.6) is 0 Å². The first-order valence-electron chi connectivity index (χ1n) is 8.34. The molecule has 0 aliphatic heterocycles. The van der Waals surface area contributed by atoms with E-state index in [2.05, 4.69) is 23.3 Å². The monoisotopic (exact) mass is 392 g/mol. The van der Waals surface area contributed by atoms with Gasteiger partial charge < -0.3 is 32.3 Å². The van der Waals surface area contributed by atoms with E-state index >= 15 is 0 Å². The molecule has 8 N–H and O–H groups in total. The SMILES string of the molecule is NCCCC[C@H](NC(=O)[C@H](CCS)NC(=O)[C@@H](N)CCC(=O)O)C(=O)O. The molecule has 11 heteroatoms. The summed E-state index contributed by atoms with van der Waals surface area (Å²) >= 11 is 4.03. The quantitative estimate of drug-likeness (QED) is 0.140. The second-order valence-corrected chi connectivity index (χ2v) is 6.24. The van der Waals surface area contributed by atoms with E-state index in [1.54, 1.807) is 0 Å². The van der Waals surface area contributed by atoms with E-state index in [9.17, 15) is 24.3 Å². The van der Waals surface area contributed by atoms with Gasteiger partial charge in [-0.15, -0.1) is 0 Å². The Bertz CT molecular complexity index is 491. The number of nitrogens with one attached hydrogen (secondary N) is 2. The highest BCUT2D eigenvalue weighted by Crippen LogP contribution is 2.04. The van der Waals surface area contributed by atoms with Gasteiger partial charge in [0.05, 0.1) is 6.04 Å². The number of hydrogen-bond acceptors (Lipinski definition) is 7. The van der Waals surface area contributed by atoms with E-state index in [1.807, 2.05) is 0 Å². The van der Waals surface area contributed by atoms with Gasteiger partial charge in [-0.05, 0) is 44.4 Å². The molecule has 0 saturated carbocycles. The van der Waals surface area contributed by atoms with Crippen LogP contribution < -0.4 is 22.1 Å². The molecule has 26 heavy (non-hydrogen) atoms. The minimum Gasteiger partial charge on any atom is -0.481 e. The first-order chi connectivity index (χ1) is 12.2. The van der Waals surface area contributed by atoms with Gasteiger partial charge >= 0.3 is 11.9 Å². The molecule has 0 rings (SSSR count). The molecule has 0 unspecified atom stereocenters. The summed E-state index contributed by atoms with van der Waals surface area (Å²) in [7, 11) is 0. The highest BCUT2D eigenvalue weighted by Gasteiger charge is 2.27. The summed E-state index contributed by atoms with van der Waals surface area (Å²) in [5, 5.41) is 22.6. The molecule has 0 radical (unpaired) electrons. The maximum absolute atomic E-state index is 12.3. The van der Waals surface area contributed by atoms with E-state index in [1.165, 1.54) is 0 Å². The van der Waals surface area contributed by atoms with Crippen LogP contribution in [0.2, 0.25) is 0 Å². The van der Waals surface area contributed by atoms with Crippen molar-refractivity contribution in [2.75, 3.05) is 12.3 Å². The van der Waals surface area contributed by atoms with Gasteiger partial charge in [-0.2, -0.15) is 12.6 Å². The number of thiol groups is 1. The van der Waals surface area contributed by atoms with E-state index in [0.717, 1.165) is 0 Å². The van der Waals surface area contributed by atoms with Crippen molar-refractivity contribution >= 4 is 36.4 Å². The molecule has 3 atom stereocenters. The second-order valence-electron chi connectivity index (χ2n) is 5.80. The zero-order valence-electron chi connectivity index (χ0n) is 14.5. The molecule has 0 aromatic rings. The molecule has 0 spiro atoms. The number of unbranched alkanes of at least 4 members (excludes halogenated alkanes) is 1. The zero-order valence-corrected chi connectivity index (χ0v) is 15.4. The predicted molar refractivity (Wildman–Crippen MR) is 97.7 cm³/mol. The molecule has 0 aliphatic carbocycles. The number of carboxylic acid groups (broad SMARTS) is 2. The highest BCUT2D eigenvalue weighted by atomic mass is 32.1. The molecule has 0 fully saturated rings. The Balaban J connectivity index is 4.77. The van der Waals surface area contributed by atoms with Gasteiger partial charge in [0.1, 0.15) is 12.1 Å². The van der Waals surface area contributed by atoms with Gasteiger partial charge in [0.25, 0.3) is 0 Å². The molecule has 0 aliphatic rings. The summed E-state index contributed by atoms with van der Waals surface area (Å²) in [6, 6.07) is -3.18. The van der Waals surface area contributed by atoms with Crippen molar-refractivity contribution in [3.8, 4) is 0 Å². The van der Waals surface area contributed by atoms with Gasteiger partial charge in [0.2, 0.25) is 11.8 Å². The van der Waals surface area contributed by atoms with E-state index in [0.29, 0.717) is 19.4 Å². The number of aliphatic carboxylic acids is 2. The number of amides is 2. The lowest BCUT2D eigenvalue weighted by Gasteiger charge is -2.22. The van der Waals surface area contributed by atoms with Gasteiger partial charge in [-0.3, -0.25) is 14.4 Å². The fourth-order valence-electron chi connectivity index (χ4n) is 2.11. The minimum atomic E-state index is -1.18. The molecular formula is C15H28N4O6S. The van der Waals surface area contributed by atoms with Crippen LogP contribution in [0.1, 0.15) is 38.5 Å². The lowest BCUT2D eigenvalue weighted by Crippen LogP contribution is -2.54. The maximum Gasteiger partial charge on any atom is 0.326 e. The van der Waals surface area contributed by atoms with Crippen molar-refractivity contribution in [2.24, 2.45) is 11.5 Å². The van der Waals surface area contributed by atoms with Crippen molar-refractivity contribution in [1.29, 1.82) is 0 Å². The van der Waals surface area contributed by atoms with Crippen LogP contribution in [0.15, 0.2) is 0 Å². The predicted octanol–water partition coefficient (Wildman–Crippen LogP) is -1.32. The van der Waals surface area contributed by atoms with Crippen molar-refractivity contribution in [2.45, 2.75) is 56.7 Å². The topological polar surface area (TPSA) is 185 Å². The minimum absolute atomic E-state index is 0.0762. The van der Waals surface area contributed by atoms with Crippen molar-refractivity contribution in [3.05, 3.63) is 0 Å². The van der Waals surface area contributed by atoms with Crippen molar-refractivity contribution in [3.63, 3.8) is 0 Å². The largest absolute Gasteiger partial charge is 0.481 e. The highest BCUT2D eigenvalue weighted by molar-refractivity contribution is 7.80. The maximum atomic E-state index is 12.3. The van der Waals surface area contributed by atoms with Crippen LogP contribution in [0.4, 0.5) is 0 Å². The zero-order chi connectivity index (χ0) is 20.1. The molecule has 0 saturated heterocycles. The third-order valence-electron chi connectivity index (χ3n) is 3.62. The molecule has 0 heterocycles. The Morgan fingerprint density at radius 3 is 2.04 bits per heavy atom. The van der Waals surface area contributed by atoms with Gasteiger partial charge in [-0.1, -0.05) is 0 Å². The van der Waals surface area contributed by atoms with Crippen LogP contribution in [0.25, 0.3) is 0 Å². The third-order valence-corrected chi connectivity index (χ3v) is 3.88. The van der Waals surface area contributed by atoms with Crippen LogP contribution >= 0.6 is 12.6 Å². The Kier molecular flexibility index (Phi) is 12.4. The number of nitrogens with two attached hydrogens (primary N) is 2. The number of carbonyl (C=O) groups is 4. The summed E-state index contributed by atoms with van der Waals surface area (Å²) in [6.45, 7) is 0.423. The first kappa shape index (κ1) is 24.1. The Labute approximate surface area is 157 Å². The lowest BCUT2D eigenvalue weighted by atomic mass is 10.1. The molecule has 0 bridgehead atoms. The fraction of sp³-hybridized carbons (Fsp3) is 0.733.